The number of amides is 1. The summed E-state index contributed by atoms with van der Waals surface area (Å²) in [7, 11) is 0. The summed E-state index contributed by atoms with van der Waals surface area (Å²) in [5.41, 5.74) is 1.42. The topological polar surface area (TPSA) is 94.7 Å². The molecule has 1 unspecified atom stereocenters. The zero-order chi connectivity index (χ0) is 24.2. The minimum atomic E-state index is -0.770. The quantitative estimate of drug-likeness (QED) is 0.430. The summed E-state index contributed by atoms with van der Waals surface area (Å²) in [4.78, 5) is 39.6. The lowest BCUT2D eigenvalue weighted by molar-refractivity contribution is -0.120. The molecular weight excluding hydrogens is 447 g/mol. The van der Waals surface area contributed by atoms with E-state index >= 15 is 0 Å². The number of fused-ring (bicyclic) bond motifs is 1. The average Bonchev–Trinajstić information content (AvgIpc) is 3.29. The Morgan fingerprint density at radius 1 is 1.03 bits per heavy atom. The van der Waals surface area contributed by atoms with Crippen molar-refractivity contribution in [3.05, 3.63) is 83.1 Å². The van der Waals surface area contributed by atoms with Gasteiger partial charge in [0.25, 0.3) is 5.56 Å². The molecule has 0 radical (unpaired) electrons. The minimum absolute atomic E-state index is 0.227. The molecule has 180 valence electrons. The summed E-state index contributed by atoms with van der Waals surface area (Å²) in [5, 5.41) is 2.74. The van der Waals surface area contributed by atoms with Gasteiger partial charge in [-0.15, -0.1) is 0 Å². The number of carbonyl (C=O) groups excluding carboxylic acids is 1. The third-order valence-electron chi connectivity index (χ3n) is 6.65. The highest BCUT2D eigenvalue weighted by molar-refractivity contribution is 5.93. The van der Waals surface area contributed by atoms with Crippen molar-refractivity contribution >= 4 is 22.9 Å². The summed E-state index contributed by atoms with van der Waals surface area (Å²) in [6, 6.07) is 11.7. The predicted octanol–water partition coefficient (Wildman–Crippen LogP) is 4.33. The molecule has 35 heavy (non-hydrogen) atoms. The van der Waals surface area contributed by atoms with Crippen molar-refractivity contribution in [1.82, 2.24) is 24.1 Å². The molecule has 1 saturated carbocycles. The van der Waals surface area contributed by atoms with E-state index in [4.69, 9.17) is 0 Å². The molecule has 0 bridgehead atoms. The number of nitrogens with zero attached hydrogens (tertiary/aromatic N) is 5. The molecule has 1 N–H and O–H groups in total. The van der Waals surface area contributed by atoms with Crippen LogP contribution >= 0.6 is 0 Å². The molecule has 1 fully saturated rings. The average molecular weight is 475 g/mol. The second-order valence-electron chi connectivity index (χ2n) is 9.09. The zero-order valence-electron chi connectivity index (χ0n) is 19.3. The maximum Gasteiger partial charge on any atom is 0.282 e. The summed E-state index contributed by atoms with van der Waals surface area (Å²) >= 11 is 0. The number of pyridine rings is 1. The molecule has 5 rings (SSSR count). The van der Waals surface area contributed by atoms with Crippen LogP contribution in [-0.2, 0) is 11.3 Å². The number of carbonyl (C=O) groups is 1. The third-order valence-corrected chi connectivity index (χ3v) is 6.65. The van der Waals surface area contributed by atoms with Crippen LogP contribution in [0, 0.1) is 11.7 Å². The minimum Gasteiger partial charge on any atom is -0.311 e. The Balaban J connectivity index is 1.46. The maximum atomic E-state index is 13.5. The summed E-state index contributed by atoms with van der Waals surface area (Å²) in [5.74, 6) is -0.293. The van der Waals surface area contributed by atoms with E-state index in [2.05, 4.69) is 20.3 Å². The van der Waals surface area contributed by atoms with Crippen LogP contribution in [0.2, 0.25) is 0 Å². The smallest absolute Gasteiger partial charge is 0.282 e. The molecule has 4 aromatic rings. The SMILES string of the molecule is O=C(Nc1ccc(F)cn1)C(CC1CCCCC1)n1cnc2c(ncn2Cc2ccccc2)c1=O. The van der Waals surface area contributed by atoms with Crippen LogP contribution in [0.3, 0.4) is 0 Å². The van der Waals surface area contributed by atoms with Crippen molar-refractivity contribution in [2.45, 2.75) is 51.1 Å². The number of halogens is 1. The lowest BCUT2D eigenvalue weighted by Crippen LogP contribution is -2.35. The van der Waals surface area contributed by atoms with E-state index in [0.29, 0.717) is 24.5 Å². The first-order valence-electron chi connectivity index (χ1n) is 12.0. The molecule has 1 atom stereocenters. The molecule has 1 aromatic carbocycles. The number of rotatable bonds is 7. The van der Waals surface area contributed by atoms with Gasteiger partial charge in [0.05, 0.1) is 19.1 Å². The van der Waals surface area contributed by atoms with Crippen molar-refractivity contribution < 1.29 is 9.18 Å². The van der Waals surface area contributed by atoms with Crippen LogP contribution in [0.1, 0.15) is 50.1 Å². The molecule has 8 nitrogen and oxygen atoms in total. The van der Waals surface area contributed by atoms with Crippen LogP contribution in [0.15, 0.2) is 66.1 Å². The molecule has 9 heteroatoms. The number of anilines is 1. The highest BCUT2D eigenvalue weighted by Gasteiger charge is 2.28. The summed E-state index contributed by atoms with van der Waals surface area (Å²) in [6.07, 6.45) is 10.1. The highest BCUT2D eigenvalue weighted by Crippen LogP contribution is 2.31. The van der Waals surface area contributed by atoms with Gasteiger partial charge in [-0.25, -0.2) is 19.3 Å². The highest BCUT2D eigenvalue weighted by atomic mass is 19.1. The predicted molar refractivity (Wildman–Crippen MR) is 130 cm³/mol. The van der Waals surface area contributed by atoms with Crippen LogP contribution in [-0.4, -0.2) is 30.0 Å². The normalized spacial score (nSPS) is 15.2. The van der Waals surface area contributed by atoms with E-state index < -0.39 is 11.9 Å². The molecule has 1 aliphatic rings. The number of benzene rings is 1. The van der Waals surface area contributed by atoms with E-state index in [0.717, 1.165) is 37.4 Å². The van der Waals surface area contributed by atoms with E-state index in [9.17, 15) is 14.0 Å². The Bertz CT molecular complexity index is 1360. The first-order valence-corrected chi connectivity index (χ1v) is 12.0. The Morgan fingerprint density at radius 2 is 1.83 bits per heavy atom. The van der Waals surface area contributed by atoms with Gasteiger partial charge in [0.2, 0.25) is 5.91 Å². The Morgan fingerprint density at radius 3 is 2.57 bits per heavy atom. The van der Waals surface area contributed by atoms with Crippen LogP contribution in [0.25, 0.3) is 11.2 Å². The van der Waals surface area contributed by atoms with Gasteiger partial charge in [-0.2, -0.15) is 0 Å². The standard InChI is InChI=1S/C26H27FN6O2/c27-20-11-12-22(28-14-20)31-25(34)21(13-18-7-3-1-4-8-18)33-17-30-24-23(26(33)35)29-16-32(24)15-19-9-5-2-6-10-19/h2,5-6,9-12,14,16-18,21H,1,3-4,7-8,13,15H2,(H,28,31,34). The van der Waals surface area contributed by atoms with E-state index in [1.165, 1.54) is 29.4 Å². The van der Waals surface area contributed by atoms with E-state index in [1.807, 2.05) is 34.9 Å². The van der Waals surface area contributed by atoms with Gasteiger partial charge in [0.1, 0.15) is 24.0 Å². The van der Waals surface area contributed by atoms with Crippen molar-refractivity contribution in [3.63, 3.8) is 0 Å². The van der Waals surface area contributed by atoms with Crippen molar-refractivity contribution in [1.29, 1.82) is 0 Å². The monoisotopic (exact) mass is 474 g/mol. The van der Waals surface area contributed by atoms with Gasteiger partial charge in [-0.1, -0.05) is 62.4 Å². The molecule has 3 heterocycles. The molecule has 1 amide bonds. The summed E-state index contributed by atoms with van der Waals surface area (Å²) < 4.78 is 16.5. The van der Waals surface area contributed by atoms with Crippen molar-refractivity contribution in [2.75, 3.05) is 5.32 Å². The van der Waals surface area contributed by atoms with E-state index in [1.54, 1.807) is 6.33 Å². The Hall–Kier alpha value is -3.88. The first kappa shape index (κ1) is 22.9. The van der Waals surface area contributed by atoms with Gasteiger partial charge in [0.15, 0.2) is 11.2 Å². The van der Waals surface area contributed by atoms with Gasteiger partial charge in [-0.05, 0) is 30.0 Å². The molecule has 3 aromatic heterocycles. The fourth-order valence-electron chi connectivity index (χ4n) is 4.82. The third kappa shape index (κ3) is 5.13. The summed E-state index contributed by atoms with van der Waals surface area (Å²) in [6.45, 7) is 0.538. The largest absolute Gasteiger partial charge is 0.311 e. The van der Waals surface area contributed by atoms with Crippen LogP contribution < -0.4 is 10.9 Å². The number of nitrogens with one attached hydrogen (secondary N) is 1. The molecule has 0 saturated heterocycles. The van der Waals surface area contributed by atoms with Gasteiger partial charge < -0.3 is 9.88 Å². The fourth-order valence-corrected chi connectivity index (χ4v) is 4.82. The van der Waals surface area contributed by atoms with Crippen LogP contribution in [0.4, 0.5) is 10.2 Å². The second kappa shape index (κ2) is 10.2. The lowest BCUT2D eigenvalue weighted by Gasteiger charge is -2.27. The van der Waals surface area contributed by atoms with Gasteiger partial charge in [0, 0.05) is 0 Å². The first-order chi connectivity index (χ1) is 17.1. The zero-order valence-corrected chi connectivity index (χ0v) is 19.3. The van der Waals surface area contributed by atoms with Crippen molar-refractivity contribution in [2.24, 2.45) is 5.92 Å². The molecule has 1 aliphatic carbocycles. The number of hydrogen-bond acceptors (Lipinski definition) is 5. The molecule has 0 spiro atoms. The fraction of sp³-hybridized carbons (Fsp3) is 0.346. The number of hydrogen-bond donors (Lipinski definition) is 1. The molecular formula is C26H27FN6O2. The van der Waals surface area contributed by atoms with E-state index in [-0.39, 0.29) is 22.8 Å². The molecule has 0 aliphatic heterocycles. The maximum absolute atomic E-state index is 13.5. The van der Waals surface area contributed by atoms with Gasteiger partial charge in [-0.3, -0.25) is 14.2 Å². The van der Waals surface area contributed by atoms with Crippen molar-refractivity contribution in [3.8, 4) is 0 Å². The lowest BCUT2D eigenvalue weighted by atomic mass is 9.84. The Labute approximate surface area is 201 Å². The number of imidazole rings is 1. The van der Waals surface area contributed by atoms with Gasteiger partial charge >= 0.3 is 0 Å². The second-order valence-corrected chi connectivity index (χ2v) is 9.09. The number of aromatic nitrogens is 5. The van der Waals surface area contributed by atoms with Crippen LogP contribution in [0.5, 0.6) is 0 Å². The Kier molecular flexibility index (Phi) is 6.65.